The van der Waals surface area contributed by atoms with Crippen molar-refractivity contribution in [3.05, 3.63) is 193 Å². The van der Waals surface area contributed by atoms with E-state index in [1.807, 2.05) is 18.3 Å². The van der Waals surface area contributed by atoms with E-state index in [4.69, 9.17) is 9.98 Å². The summed E-state index contributed by atoms with van der Waals surface area (Å²) in [6, 6.07) is 61.6. The molecule has 1 aromatic heterocycles. The van der Waals surface area contributed by atoms with Gasteiger partial charge in [0.05, 0.1) is 35.2 Å². The highest BCUT2D eigenvalue weighted by Crippen LogP contribution is 2.36. The number of aliphatic imine (C=N–C) groups is 1. The van der Waals surface area contributed by atoms with Crippen molar-refractivity contribution in [3.8, 4) is 17.1 Å². The molecule has 5 heteroatoms. The molecule has 7 aromatic carbocycles. The largest absolute Gasteiger partial charge is 0.378 e. The van der Waals surface area contributed by atoms with Crippen molar-refractivity contribution in [1.29, 1.82) is 0 Å². The topological polar surface area (TPSA) is 45.5 Å². The van der Waals surface area contributed by atoms with Gasteiger partial charge in [-0.2, -0.15) is 0 Å². The van der Waals surface area contributed by atoms with Gasteiger partial charge in [-0.05, 0) is 82.6 Å². The average molecular weight is 644 g/mol. The quantitative estimate of drug-likeness (QED) is 0.188. The van der Waals surface area contributed by atoms with E-state index in [1.165, 1.54) is 10.8 Å². The molecule has 0 bridgehead atoms. The molecule has 5 nitrogen and oxygen atoms in total. The fourth-order valence-corrected chi connectivity index (χ4v) is 6.77. The van der Waals surface area contributed by atoms with Crippen molar-refractivity contribution in [1.82, 2.24) is 14.9 Å². The van der Waals surface area contributed by atoms with Crippen molar-refractivity contribution in [2.75, 3.05) is 11.4 Å². The molecule has 0 aliphatic carbocycles. The molecule has 0 atom stereocenters. The zero-order valence-electron chi connectivity index (χ0n) is 27.3. The Morgan fingerprint density at radius 2 is 1.14 bits per heavy atom. The van der Waals surface area contributed by atoms with E-state index in [0.717, 1.165) is 67.7 Å². The second kappa shape index (κ2) is 12.7. The van der Waals surface area contributed by atoms with Crippen LogP contribution in [0.5, 0.6) is 0 Å². The summed E-state index contributed by atoms with van der Waals surface area (Å²) >= 11 is 0. The fraction of sp³-hybridized carbons (Fsp3) is 0.0222. The number of hydrogen-bond acceptors (Lipinski definition) is 4. The van der Waals surface area contributed by atoms with Gasteiger partial charge in [-0.3, -0.25) is 9.56 Å². The zero-order valence-corrected chi connectivity index (χ0v) is 27.3. The molecule has 1 aliphatic rings. The number of aromatic nitrogens is 2. The Morgan fingerprint density at radius 1 is 0.520 bits per heavy atom. The van der Waals surface area contributed by atoms with Crippen molar-refractivity contribution in [3.63, 3.8) is 0 Å². The highest BCUT2D eigenvalue weighted by Gasteiger charge is 2.17. The lowest BCUT2D eigenvalue weighted by molar-refractivity contribution is 1.01. The van der Waals surface area contributed by atoms with Gasteiger partial charge in [0.25, 0.3) is 0 Å². The van der Waals surface area contributed by atoms with Crippen molar-refractivity contribution < 1.29 is 0 Å². The number of nitrogens with zero attached hydrogens (tertiary/aromatic N) is 4. The maximum Gasteiger partial charge on any atom is 0.145 e. The SMILES string of the molecule is C1=C(c2ccc(N(c3ccccc3)c3ccc4ccccc4c3)cc2)NCC(c2ccc(-c3nc4ccccc4n3-c3ccccc3)cc2)=N1. The van der Waals surface area contributed by atoms with Crippen molar-refractivity contribution >= 4 is 50.3 Å². The third kappa shape index (κ3) is 5.51. The van der Waals surface area contributed by atoms with E-state index in [-0.39, 0.29) is 0 Å². The van der Waals surface area contributed by atoms with Gasteiger partial charge in [-0.15, -0.1) is 0 Å². The van der Waals surface area contributed by atoms with E-state index >= 15 is 0 Å². The lowest BCUT2D eigenvalue weighted by Crippen LogP contribution is -2.25. The number of para-hydroxylation sites is 4. The average Bonchev–Trinajstić information content (AvgIpc) is 3.59. The van der Waals surface area contributed by atoms with Crippen LogP contribution in [0.25, 0.3) is 44.6 Å². The minimum Gasteiger partial charge on any atom is -0.378 e. The van der Waals surface area contributed by atoms with Crippen LogP contribution in [0.3, 0.4) is 0 Å². The molecule has 8 aromatic rings. The van der Waals surface area contributed by atoms with Gasteiger partial charge in [-0.1, -0.05) is 115 Å². The van der Waals surface area contributed by atoms with Gasteiger partial charge < -0.3 is 10.2 Å². The van der Waals surface area contributed by atoms with Crippen LogP contribution in [0.2, 0.25) is 0 Å². The van der Waals surface area contributed by atoms with Crippen LogP contribution < -0.4 is 10.2 Å². The molecule has 1 N–H and O–H groups in total. The number of benzene rings is 7. The van der Waals surface area contributed by atoms with Gasteiger partial charge in [0.15, 0.2) is 0 Å². The minimum absolute atomic E-state index is 0.642. The van der Waals surface area contributed by atoms with Crippen molar-refractivity contribution in [2.24, 2.45) is 4.99 Å². The van der Waals surface area contributed by atoms with Gasteiger partial charge in [0, 0.05) is 28.3 Å². The predicted molar refractivity (Wildman–Crippen MR) is 208 cm³/mol. The molecular weight excluding hydrogens is 611 g/mol. The van der Waals surface area contributed by atoms with Crippen LogP contribution in [0, 0.1) is 0 Å². The first-order chi connectivity index (χ1) is 24.8. The maximum atomic E-state index is 5.02. The Labute approximate surface area is 291 Å². The van der Waals surface area contributed by atoms with Crippen LogP contribution in [0.1, 0.15) is 11.1 Å². The lowest BCUT2D eigenvalue weighted by Gasteiger charge is -2.26. The Bertz CT molecular complexity index is 2510. The molecule has 0 saturated heterocycles. The van der Waals surface area contributed by atoms with Gasteiger partial charge in [-0.25, -0.2) is 4.98 Å². The number of imidazole rings is 1. The number of anilines is 3. The molecule has 238 valence electrons. The number of nitrogens with one attached hydrogen (secondary N) is 1. The first-order valence-corrected chi connectivity index (χ1v) is 16.9. The molecule has 0 fully saturated rings. The fourth-order valence-electron chi connectivity index (χ4n) is 6.77. The van der Waals surface area contributed by atoms with Crippen molar-refractivity contribution in [2.45, 2.75) is 0 Å². The van der Waals surface area contributed by atoms with Crippen LogP contribution in [-0.2, 0) is 0 Å². The molecule has 2 heterocycles. The van der Waals surface area contributed by atoms with E-state index in [1.54, 1.807) is 0 Å². The van der Waals surface area contributed by atoms with E-state index in [9.17, 15) is 0 Å². The zero-order chi connectivity index (χ0) is 33.3. The second-order valence-electron chi connectivity index (χ2n) is 12.4. The van der Waals surface area contributed by atoms with Crippen LogP contribution >= 0.6 is 0 Å². The first-order valence-electron chi connectivity index (χ1n) is 16.9. The van der Waals surface area contributed by atoms with Crippen LogP contribution in [0.4, 0.5) is 17.1 Å². The molecule has 0 spiro atoms. The molecule has 1 aliphatic heterocycles. The Kier molecular flexibility index (Phi) is 7.48. The smallest absolute Gasteiger partial charge is 0.145 e. The summed E-state index contributed by atoms with van der Waals surface area (Å²) < 4.78 is 2.23. The summed E-state index contributed by atoms with van der Waals surface area (Å²) in [5, 5.41) is 6.06. The van der Waals surface area contributed by atoms with Crippen LogP contribution in [-0.4, -0.2) is 21.8 Å². The minimum atomic E-state index is 0.642. The molecule has 0 unspecified atom stereocenters. The lowest BCUT2D eigenvalue weighted by atomic mass is 10.0. The van der Waals surface area contributed by atoms with E-state index in [2.05, 4.69) is 179 Å². The summed E-state index contributed by atoms with van der Waals surface area (Å²) in [5.74, 6) is 0.921. The number of fused-ring (bicyclic) bond motifs is 2. The summed E-state index contributed by atoms with van der Waals surface area (Å²) in [4.78, 5) is 12.2. The number of rotatable bonds is 7. The Hall–Kier alpha value is -6.72. The predicted octanol–water partition coefficient (Wildman–Crippen LogP) is 10.7. The molecule has 0 saturated carbocycles. The molecule has 9 rings (SSSR count). The highest BCUT2D eigenvalue weighted by atomic mass is 15.1. The van der Waals surface area contributed by atoms with E-state index in [0.29, 0.717) is 6.54 Å². The van der Waals surface area contributed by atoms with Gasteiger partial charge in [0.1, 0.15) is 5.82 Å². The Morgan fingerprint density at radius 3 is 1.90 bits per heavy atom. The second-order valence-corrected chi connectivity index (χ2v) is 12.4. The third-order valence-corrected chi connectivity index (χ3v) is 9.29. The van der Waals surface area contributed by atoms with E-state index < -0.39 is 0 Å². The molecule has 0 radical (unpaired) electrons. The molecular formula is C45H33N5. The summed E-state index contributed by atoms with van der Waals surface area (Å²) in [6.07, 6.45) is 1.94. The summed E-state index contributed by atoms with van der Waals surface area (Å²) in [7, 11) is 0. The van der Waals surface area contributed by atoms with Gasteiger partial charge in [0.2, 0.25) is 0 Å². The third-order valence-electron chi connectivity index (χ3n) is 9.29. The molecule has 50 heavy (non-hydrogen) atoms. The monoisotopic (exact) mass is 643 g/mol. The Balaban J connectivity index is 0.981. The summed E-state index contributed by atoms with van der Waals surface area (Å²) in [5.41, 5.74) is 11.7. The normalized spacial score (nSPS) is 12.7. The first kappa shape index (κ1) is 29.4. The summed E-state index contributed by atoms with van der Waals surface area (Å²) in [6.45, 7) is 0.642. The standard InChI is InChI=1S/C45H33N5/c1-3-13-37(14-4-1)49(40-28-23-32-11-7-8-12-36(32)29-40)39-26-24-34(25-27-39)43-31-46-42(30-47-43)33-19-21-35(22-20-33)45-48-41-17-9-10-18-44(41)50(45)38-15-5-2-6-16-38/h1-29,31,47H,30H2. The number of hydrogen-bond donors (Lipinski definition) is 1. The highest BCUT2D eigenvalue weighted by molar-refractivity contribution is 6.04. The van der Waals surface area contributed by atoms with Gasteiger partial charge >= 0.3 is 0 Å². The van der Waals surface area contributed by atoms with Crippen LogP contribution in [0.15, 0.2) is 187 Å². The molecule has 0 amide bonds. The maximum absolute atomic E-state index is 5.02.